The van der Waals surface area contributed by atoms with Crippen LogP contribution in [0.25, 0.3) is 0 Å². The first-order chi connectivity index (χ1) is 7.37. The van der Waals surface area contributed by atoms with Crippen molar-refractivity contribution in [3.05, 3.63) is 0 Å². The van der Waals surface area contributed by atoms with Crippen molar-refractivity contribution in [1.82, 2.24) is 10.7 Å². The Morgan fingerprint density at radius 3 is 1.59 bits per heavy atom. The highest BCUT2D eigenvalue weighted by Gasteiger charge is 2.14. The fourth-order valence-electron chi connectivity index (χ4n) is 0.628. The van der Waals surface area contributed by atoms with Gasteiger partial charge in [0.2, 0.25) is 0 Å². The molecule has 0 aliphatic carbocycles. The topological polar surface area (TPSA) is 114 Å². The molecule has 0 atom stereocenters. The van der Waals surface area contributed by atoms with Gasteiger partial charge >= 0.3 is 12.2 Å². The van der Waals surface area contributed by atoms with Crippen LogP contribution in [0.2, 0.25) is 0 Å². The van der Waals surface area contributed by atoms with E-state index in [1.807, 2.05) is 5.43 Å². The molecule has 0 saturated carbocycles. The normalized spacial score (nSPS) is 10.8. The lowest BCUT2D eigenvalue weighted by molar-refractivity contribution is 0.0527. The molecule has 0 fully saturated rings. The van der Waals surface area contributed by atoms with Crippen LogP contribution in [0.4, 0.5) is 9.59 Å². The summed E-state index contributed by atoms with van der Waals surface area (Å²) in [5, 5.41) is 10.4. The van der Waals surface area contributed by atoms with E-state index in [1.165, 1.54) is 0 Å². The minimum absolute atomic E-state index is 0.328. The Morgan fingerprint density at radius 2 is 1.53 bits per heavy atom. The zero-order valence-corrected chi connectivity index (χ0v) is 11.2. The van der Waals surface area contributed by atoms with Crippen molar-refractivity contribution in [2.45, 2.75) is 52.7 Å². The van der Waals surface area contributed by atoms with Crippen LogP contribution in [-0.4, -0.2) is 28.4 Å². The molecule has 7 heteroatoms. The van der Waals surface area contributed by atoms with E-state index < -0.39 is 17.8 Å². The summed E-state index contributed by atoms with van der Waals surface area (Å²) in [5.41, 5.74) is 1.06. The van der Waals surface area contributed by atoms with Gasteiger partial charge in [-0.2, -0.15) is 0 Å². The smallest absolute Gasteiger partial charge is 0.421 e. The first kappa shape index (κ1) is 17.9. The number of nitrogens with two attached hydrogens (primary N) is 1. The average molecular weight is 249 g/mol. The molecule has 2 amide bonds. The number of carbonyl (C=O) groups excluding carboxylic acids is 1. The van der Waals surface area contributed by atoms with Gasteiger partial charge in [-0.05, 0) is 41.5 Å². The molecule has 0 aliphatic heterocycles. The maximum Gasteiger partial charge on any atom is 0.421 e. The molecular weight excluding hydrogens is 226 g/mol. The summed E-state index contributed by atoms with van der Waals surface area (Å²) in [6.45, 7) is 10.7. The largest absolute Gasteiger partial charge is 0.465 e. The number of amides is 2. The SMILES string of the molecule is CC(C)(C)NC(=O)O.CC(C)(C)OC(=O)NN. The molecule has 0 rings (SSSR count). The number of hydrazine groups is 1. The summed E-state index contributed by atoms with van der Waals surface area (Å²) in [5.74, 6) is 4.75. The second kappa shape index (κ2) is 6.95. The Hall–Kier alpha value is -1.50. The Labute approximate surface area is 102 Å². The first-order valence-corrected chi connectivity index (χ1v) is 5.08. The highest BCUT2D eigenvalue weighted by molar-refractivity contribution is 5.66. The van der Waals surface area contributed by atoms with E-state index in [4.69, 9.17) is 15.7 Å². The van der Waals surface area contributed by atoms with E-state index in [1.54, 1.807) is 41.5 Å². The van der Waals surface area contributed by atoms with Gasteiger partial charge in [0.15, 0.2) is 0 Å². The third-order valence-electron chi connectivity index (χ3n) is 0.999. The zero-order chi connectivity index (χ0) is 14.3. The van der Waals surface area contributed by atoms with E-state index in [0.29, 0.717) is 0 Å². The number of carboxylic acid groups (broad SMARTS) is 1. The van der Waals surface area contributed by atoms with Crippen molar-refractivity contribution >= 4 is 12.2 Å². The van der Waals surface area contributed by atoms with E-state index in [2.05, 4.69) is 5.32 Å². The van der Waals surface area contributed by atoms with Crippen LogP contribution in [0.15, 0.2) is 0 Å². The molecule has 0 heterocycles. The van der Waals surface area contributed by atoms with Crippen molar-refractivity contribution in [2.24, 2.45) is 5.84 Å². The van der Waals surface area contributed by atoms with Crippen LogP contribution < -0.4 is 16.6 Å². The van der Waals surface area contributed by atoms with Crippen LogP contribution in [-0.2, 0) is 4.74 Å². The molecule has 0 aromatic heterocycles. The fraction of sp³-hybridized carbons (Fsp3) is 0.800. The van der Waals surface area contributed by atoms with Gasteiger partial charge < -0.3 is 15.2 Å². The van der Waals surface area contributed by atoms with Gasteiger partial charge in [-0.15, -0.1) is 0 Å². The molecule has 0 aromatic rings. The Bertz CT molecular complexity index is 253. The number of nitrogens with one attached hydrogen (secondary N) is 2. The Balaban J connectivity index is 0. The van der Waals surface area contributed by atoms with Gasteiger partial charge in [-0.25, -0.2) is 15.4 Å². The highest BCUT2D eigenvalue weighted by Crippen LogP contribution is 2.05. The molecule has 0 spiro atoms. The molecule has 102 valence electrons. The second-order valence-electron chi connectivity index (χ2n) is 5.33. The van der Waals surface area contributed by atoms with Crippen LogP contribution in [0.1, 0.15) is 41.5 Å². The third-order valence-corrected chi connectivity index (χ3v) is 0.999. The molecule has 0 saturated heterocycles. The van der Waals surface area contributed by atoms with Crippen molar-refractivity contribution < 1.29 is 19.4 Å². The Morgan fingerprint density at radius 1 is 1.12 bits per heavy atom. The minimum Gasteiger partial charge on any atom is -0.465 e. The van der Waals surface area contributed by atoms with Gasteiger partial charge in [0.1, 0.15) is 5.60 Å². The molecule has 0 unspecified atom stereocenters. The fourth-order valence-corrected chi connectivity index (χ4v) is 0.628. The monoisotopic (exact) mass is 249 g/mol. The van der Waals surface area contributed by atoms with Gasteiger partial charge in [0, 0.05) is 5.54 Å². The molecule has 17 heavy (non-hydrogen) atoms. The van der Waals surface area contributed by atoms with Crippen molar-refractivity contribution in [3.8, 4) is 0 Å². The summed E-state index contributed by atoms with van der Waals surface area (Å²) < 4.78 is 4.71. The third kappa shape index (κ3) is 20.5. The quantitative estimate of drug-likeness (QED) is 0.294. The van der Waals surface area contributed by atoms with E-state index in [0.717, 1.165) is 0 Å². The summed E-state index contributed by atoms with van der Waals surface area (Å²) >= 11 is 0. The maximum absolute atomic E-state index is 10.4. The van der Waals surface area contributed by atoms with Gasteiger partial charge in [0.25, 0.3) is 0 Å². The van der Waals surface area contributed by atoms with Gasteiger partial charge in [0.05, 0.1) is 0 Å². The molecular formula is C10H23N3O4. The summed E-state index contributed by atoms with van der Waals surface area (Å²) in [7, 11) is 0. The van der Waals surface area contributed by atoms with Gasteiger partial charge in [-0.3, -0.25) is 5.43 Å². The standard InChI is InChI=1S/C5H12N2O2.C5H11NO2/c1-5(2,3)9-4(8)7-6;1-5(2,3)6-4(7)8/h6H2,1-3H3,(H,7,8);6H,1-3H3,(H,7,8). The van der Waals surface area contributed by atoms with E-state index in [-0.39, 0.29) is 5.54 Å². The van der Waals surface area contributed by atoms with Crippen molar-refractivity contribution in [1.29, 1.82) is 0 Å². The van der Waals surface area contributed by atoms with Crippen LogP contribution in [0.3, 0.4) is 0 Å². The molecule has 7 nitrogen and oxygen atoms in total. The number of rotatable bonds is 0. The molecule has 0 aliphatic rings. The molecule has 5 N–H and O–H groups in total. The zero-order valence-electron chi connectivity index (χ0n) is 11.2. The molecule has 0 aromatic carbocycles. The summed E-state index contributed by atoms with van der Waals surface area (Å²) in [4.78, 5) is 20.3. The van der Waals surface area contributed by atoms with Gasteiger partial charge in [-0.1, -0.05) is 0 Å². The lowest BCUT2D eigenvalue weighted by Crippen LogP contribution is -2.39. The van der Waals surface area contributed by atoms with Crippen molar-refractivity contribution in [3.63, 3.8) is 0 Å². The lowest BCUT2D eigenvalue weighted by atomic mass is 10.1. The lowest BCUT2D eigenvalue weighted by Gasteiger charge is -2.18. The number of carbonyl (C=O) groups is 2. The Kier molecular flexibility index (Phi) is 7.31. The van der Waals surface area contributed by atoms with Crippen molar-refractivity contribution in [2.75, 3.05) is 0 Å². The van der Waals surface area contributed by atoms with E-state index in [9.17, 15) is 9.59 Å². The summed E-state index contributed by atoms with van der Waals surface area (Å²) in [6.07, 6.45) is -1.58. The number of ether oxygens (including phenoxy) is 1. The predicted octanol–water partition coefficient (Wildman–Crippen LogP) is 1.44. The predicted molar refractivity (Wildman–Crippen MR) is 64.5 cm³/mol. The number of hydrogen-bond acceptors (Lipinski definition) is 4. The van der Waals surface area contributed by atoms with E-state index >= 15 is 0 Å². The molecule has 0 bridgehead atoms. The highest BCUT2D eigenvalue weighted by atomic mass is 16.6. The maximum atomic E-state index is 10.4. The molecule has 0 radical (unpaired) electrons. The minimum atomic E-state index is -0.975. The second-order valence-corrected chi connectivity index (χ2v) is 5.33. The van der Waals surface area contributed by atoms with Crippen LogP contribution in [0, 0.1) is 0 Å². The average Bonchev–Trinajstić information content (AvgIpc) is 1.96. The summed E-state index contributed by atoms with van der Waals surface area (Å²) in [6, 6.07) is 0. The number of hydrogen-bond donors (Lipinski definition) is 4. The van der Waals surface area contributed by atoms with Crippen LogP contribution >= 0.6 is 0 Å². The van der Waals surface area contributed by atoms with Crippen LogP contribution in [0.5, 0.6) is 0 Å². The first-order valence-electron chi connectivity index (χ1n) is 5.08.